The van der Waals surface area contributed by atoms with Crippen LogP contribution in [-0.2, 0) is 24.0 Å². The van der Waals surface area contributed by atoms with Crippen LogP contribution in [0.5, 0.6) is 0 Å². The van der Waals surface area contributed by atoms with E-state index in [0.717, 1.165) is 0 Å². The number of hydrogen-bond acceptors (Lipinski definition) is 10. The molecule has 2 saturated heterocycles. The average molecular weight is 577 g/mol. The van der Waals surface area contributed by atoms with E-state index in [-0.39, 0.29) is 24.7 Å². The molecule has 2 rings (SSSR count). The third kappa shape index (κ3) is 9.91. The van der Waals surface area contributed by atoms with Gasteiger partial charge in [-0.2, -0.15) is 0 Å². The Hall–Kier alpha value is -2.07. The van der Waals surface area contributed by atoms with Gasteiger partial charge in [0.15, 0.2) is 0 Å². The molecule has 38 heavy (non-hydrogen) atoms. The maximum Gasteiger partial charge on any atom is 0.320 e. The molecule has 0 aliphatic carbocycles. The molecule has 13 nitrogen and oxygen atoms in total. The van der Waals surface area contributed by atoms with Gasteiger partial charge in [0.1, 0.15) is 18.2 Å². The Morgan fingerprint density at radius 1 is 1.11 bits per heavy atom. The number of nitrogens with one attached hydrogen (secondary N) is 3. The Labute approximate surface area is 230 Å². The summed E-state index contributed by atoms with van der Waals surface area (Å²) in [4.78, 5) is 63.1. The molecule has 15 heteroatoms. The fourth-order valence-electron chi connectivity index (χ4n) is 4.64. The van der Waals surface area contributed by atoms with Crippen molar-refractivity contribution in [3.63, 3.8) is 0 Å². The lowest BCUT2D eigenvalue weighted by Crippen LogP contribution is -2.58. The molecule has 6 unspecified atom stereocenters. The van der Waals surface area contributed by atoms with Crippen LogP contribution < -0.4 is 27.4 Å². The van der Waals surface area contributed by atoms with Crippen molar-refractivity contribution in [1.82, 2.24) is 20.9 Å². The number of aliphatic carboxylic acids is 2. The van der Waals surface area contributed by atoms with E-state index in [2.05, 4.69) is 16.0 Å². The molecule has 0 radical (unpaired) electrons. The Morgan fingerprint density at radius 3 is 2.45 bits per heavy atom. The van der Waals surface area contributed by atoms with Crippen molar-refractivity contribution >= 4 is 51.2 Å². The molecular weight excluding hydrogens is 536 g/mol. The van der Waals surface area contributed by atoms with Gasteiger partial charge in [-0.05, 0) is 38.1 Å². The van der Waals surface area contributed by atoms with Crippen molar-refractivity contribution < 1.29 is 34.2 Å². The molecule has 0 spiro atoms. The van der Waals surface area contributed by atoms with E-state index in [1.54, 1.807) is 4.90 Å². The minimum Gasteiger partial charge on any atom is -0.481 e. The van der Waals surface area contributed by atoms with Gasteiger partial charge in [0.25, 0.3) is 0 Å². The molecule has 2 heterocycles. The quantitative estimate of drug-likeness (QED) is 0.124. The van der Waals surface area contributed by atoms with Gasteiger partial charge in [-0.25, -0.2) is 0 Å². The van der Waals surface area contributed by atoms with Gasteiger partial charge in [-0.15, -0.1) is 0 Å². The number of rotatable bonds is 14. The van der Waals surface area contributed by atoms with Crippen LogP contribution in [0.15, 0.2) is 0 Å². The fourth-order valence-corrected chi connectivity index (χ4v) is 6.90. The van der Waals surface area contributed by atoms with E-state index in [1.807, 2.05) is 0 Å². The molecule has 0 aromatic heterocycles. The Bertz CT molecular complexity index is 851. The number of nitrogens with zero attached hydrogens (tertiary/aromatic N) is 1. The second-order valence-electron chi connectivity index (χ2n) is 9.71. The highest BCUT2D eigenvalue weighted by atomic mass is 33.1. The highest BCUT2D eigenvalue weighted by Gasteiger charge is 2.42. The van der Waals surface area contributed by atoms with Crippen LogP contribution in [0, 0.1) is 17.8 Å². The maximum atomic E-state index is 13.4. The zero-order valence-corrected chi connectivity index (χ0v) is 23.2. The first-order valence-electron chi connectivity index (χ1n) is 12.8. The second-order valence-corrected chi connectivity index (χ2v) is 12.3. The number of carbonyl (C=O) groups is 5. The summed E-state index contributed by atoms with van der Waals surface area (Å²) in [5.41, 5.74) is 11.3. The van der Waals surface area contributed by atoms with Crippen molar-refractivity contribution in [3.8, 4) is 0 Å². The predicted molar refractivity (Wildman–Crippen MR) is 145 cm³/mol. The predicted octanol–water partition coefficient (Wildman–Crippen LogP) is -0.985. The van der Waals surface area contributed by atoms with Crippen LogP contribution in [-0.4, -0.2) is 101 Å². The molecule has 0 saturated carbocycles. The summed E-state index contributed by atoms with van der Waals surface area (Å²) < 4.78 is 0. The Balaban J connectivity index is 2.01. The number of hydrogen-bond donors (Lipinski definition) is 7. The van der Waals surface area contributed by atoms with Gasteiger partial charge in [0.2, 0.25) is 17.7 Å². The van der Waals surface area contributed by atoms with Gasteiger partial charge in [0.05, 0.1) is 5.92 Å². The smallest absolute Gasteiger partial charge is 0.320 e. The average Bonchev–Trinajstić information content (AvgIpc) is 3.27. The van der Waals surface area contributed by atoms with Crippen LogP contribution in [0.2, 0.25) is 0 Å². The number of nitrogens with two attached hydrogens (primary N) is 2. The number of carbonyl (C=O) groups excluding carboxylic acids is 3. The number of carboxylic acid groups (broad SMARTS) is 2. The molecule has 0 bridgehead atoms. The van der Waals surface area contributed by atoms with Crippen molar-refractivity contribution in [2.24, 2.45) is 29.2 Å². The fraction of sp³-hybridized carbons (Fsp3) is 0.783. The lowest BCUT2D eigenvalue weighted by molar-refractivity contribution is -0.142. The van der Waals surface area contributed by atoms with E-state index in [4.69, 9.17) is 16.6 Å². The Morgan fingerprint density at radius 2 is 1.82 bits per heavy atom. The third-order valence-electron chi connectivity index (χ3n) is 6.83. The van der Waals surface area contributed by atoms with Gasteiger partial charge in [0, 0.05) is 43.5 Å². The summed E-state index contributed by atoms with van der Waals surface area (Å²) in [6, 6.07) is -1.53. The number of likely N-dealkylation sites (tertiary alicyclic amines) is 1. The summed E-state index contributed by atoms with van der Waals surface area (Å²) in [5.74, 6) is -3.67. The SMILES string of the molecule is CC(CCC(=O)NC1CSSCC(NC(=O)C(CCCN)C2CC(C(=O)O)N(CCN)C2)NC1=O)C(=O)O. The Kier molecular flexibility index (Phi) is 13.6. The van der Waals surface area contributed by atoms with Crippen LogP contribution in [0.25, 0.3) is 0 Å². The molecule has 3 amide bonds. The summed E-state index contributed by atoms with van der Waals surface area (Å²) in [6.45, 7) is 3.09. The molecule has 0 aromatic carbocycles. The first kappa shape index (κ1) is 32.1. The molecule has 2 aliphatic heterocycles. The molecule has 9 N–H and O–H groups in total. The topological polar surface area (TPSA) is 217 Å². The first-order valence-corrected chi connectivity index (χ1v) is 15.3. The molecule has 6 atom stereocenters. The zero-order valence-electron chi connectivity index (χ0n) is 21.6. The van der Waals surface area contributed by atoms with E-state index in [0.29, 0.717) is 56.9 Å². The monoisotopic (exact) mass is 576 g/mol. The molecule has 216 valence electrons. The number of amides is 3. The van der Waals surface area contributed by atoms with Crippen LogP contribution >= 0.6 is 21.6 Å². The highest BCUT2D eigenvalue weighted by molar-refractivity contribution is 8.76. The minimum absolute atomic E-state index is 0.0159. The van der Waals surface area contributed by atoms with Crippen molar-refractivity contribution in [2.75, 3.05) is 37.7 Å². The third-order valence-corrected chi connectivity index (χ3v) is 9.25. The summed E-state index contributed by atoms with van der Waals surface area (Å²) in [7, 11) is 2.84. The van der Waals surface area contributed by atoms with Crippen LogP contribution in [0.3, 0.4) is 0 Å². The molecular formula is C23H40N6O7S2. The normalized spacial score (nSPS) is 25.9. The lowest BCUT2D eigenvalue weighted by atomic mass is 9.85. The van der Waals surface area contributed by atoms with Gasteiger partial charge >= 0.3 is 11.9 Å². The van der Waals surface area contributed by atoms with Crippen molar-refractivity contribution in [3.05, 3.63) is 0 Å². The van der Waals surface area contributed by atoms with Gasteiger partial charge < -0.3 is 37.6 Å². The van der Waals surface area contributed by atoms with Crippen LogP contribution in [0.4, 0.5) is 0 Å². The van der Waals surface area contributed by atoms with Crippen molar-refractivity contribution in [1.29, 1.82) is 0 Å². The largest absolute Gasteiger partial charge is 0.481 e. The summed E-state index contributed by atoms with van der Waals surface area (Å²) in [6.07, 6.45) is 0.876. The van der Waals surface area contributed by atoms with Gasteiger partial charge in [-0.1, -0.05) is 28.5 Å². The maximum absolute atomic E-state index is 13.4. The first-order chi connectivity index (χ1) is 18.1. The molecule has 0 aromatic rings. The van der Waals surface area contributed by atoms with Crippen molar-refractivity contribution in [2.45, 2.75) is 57.3 Å². The second kappa shape index (κ2) is 16.1. The van der Waals surface area contributed by atoms with E-state index in [1.165, 1.54) is 28.5 Å². The van der Waals surface area contributed by atoms with Crippen LogP contribution in [0.1, 0.15) is 39.0 Å². The minimum atomic E-state index is -0.986. The van der Waals surface area contributed by atoms with E-state index in [9.17, 15) is 29.1 Å². The van der Waals surface area contributed by atoms with E-state index < -0.39 is 53.8 Å². The highest BCUT2D eigenvalue weighted by Crippen LogP contribution is 2.32. The zero-order chi connectivity index (χ0) is 28.2. The molecule has 2 aliphatic rings. The lowest BCUT2D eigenvalue weighted by Gasteiger charge is -2.29. The van der Waals surface area contributed by atoms with Gasteiger partial charge in [-0.3, -0.25) is 28.9 Å². The summed E-state index contributed by atoms with van der Waals surface area (Å²) in [5, 5.41) is 27.0. The standard InChI is InChI=1S/C23H40N6O7S2/c1-13(22(33)34)4-5-19(30)26-16-11-37-38-12-18(28-21(16)32)27-20(31)15(3-2-6-24)14-9-17(23(35)36)29(10-14)8-7-25/h13-18H,2-12,24-25H2,1H3,(H,26,30)(H,27,31)(H,28,32)(H,33,34)(H,35,36). The molecule has 2 fully saturated rings. The summed E-state index contributed by atoms with van der Waals surface area (Å²) >= 11 is 0. The van der Waals surface area contributed by atoms with E-state index >= 15 is 0 Å². The number of carboxylic acids is 2.